The van der Waals surface area contributed by atoms with Gasteiger partial charge in [0.25, 0.3) is 0 Å². The van der Waals surface area contributed by atoms with E-state index in [4.69, 9.17) is 21.3 Å². The Morgan fingerprint density at radius 1 is 1.38 bits per heavy atom. The Kier molecular flexibility index (Phi) is 9.76. The van der Waals surface area contributed by atoms with Gasteiger partial charge in [-0.05, 0) is 38.8 Å². The molecular weight excluding hydrogens is 441 g/mol. The highest BCUT2D eigenvalue weighted by molar-refractivity contribution is 14.0. The summed E-state index contributed by atoms with van der Waals surface area (Å²) in [4.78, 5) is 6.93. The normalized spacial score (nSPS) is 15.8. The fourth-order valence-electron chi connectivity index (χ4n) is 2.61. The summed E-state index contributed by atoms with van der Waals surface area (Å²) in [7, 11) is 0. The van der Waals surface area contributed by atoms with E-state index in [1.54, 1.807) is 0 Å². The summed E-state index contributed by atoms with van der Waals surface area (Å²) in [6.07, 6.45) is 1.39. The maximum atomic E-state index is 9.65. The lowest BCUT2D eigenvalue weighted by Crippen LogP contribution is -2.46. The summed E-state index contributed by atoms with van der Waals surface area (Å²) in [5, 5.41) is 13.6. The molecule has 0 amide bonds. The zero-order valence-corrected chi connectivity index (χ0v) is 17.4. The molecule has 0 aliphatic carbocycles. The van der Waals surface area contributed by atoms with Crippen molar-refractivity contribution >= 4 is 41.5 Å². The molecule has 0 bridgehead atoms. The number of hydrogen-bond acceptors (Lipinski definition) is 3. The Morgan fingerprint density at radius 3 is 2.71 bits per heavy atom. The molecule has 1 heterocycles. The Hall–Kier alpha value is -0.730. The van der Waals surface area contributed by atoms with Crippen LogP contribution in [0.25, 0.3) is 0 Å². The second kappa shape index (κ2) is 11.0. The molecule has 1 aromatic carbocycles. The quantitative estimate of drug-likeness (QED) is 0.396. The van der Waals surface area contributed by atoms with Crippen LogP contribution in [-0.2, 0) is 6.54 Å². The van der Waals surface area contributed by atoms with E-state index < -0.39 is 0 Å². The zero-order chi connectivity index (χ0) is 16.7. The van der Waals surface area contributed by atoms with Gasteiger partial charge in [0, 0.05) is 30.2 Å². The number of hydrogen-bond donors (Lipinski definition) is 2. The van der Waals surface area contributed by atoms with E-state index >= 15 is 0 Å². The largest absolute Gasteiger partial charge is 0.493 e. The maximum Gasteiger partial charge on any atom is 0.194 e. The minimum atomic E-state index is -0.185. The molecule has 1 fully saturated rings. The molecule has 1 aromatic rings. The van der Waals surface area contributed by atoms with E-state index in [-0.39, 0.29) is 30.1 Å². The number of benzene rings is 1. The number of likely N-dealkylation sites (tertiary alicyclic amines) is 1. The minimum Gasteiger partial charge on any atom is -0.493 e. The number of nitrogens with one attached hydrogen (secondary N) is 1. The summed E-state index contributed by atoms with van der Waals surface area (Å²) in [5.41, 5.74) is 1.02. The van der Waals surface area contributed by atoms with Gasteiger partial charge in [0.1, 0.15) is 5.75 Å². The van der Waals surface area contributed by atoms with Gasteiger partial charge in [-0.1, -0.05) is 17.7 Å². The monoisotopic (exact) mass is 467 g/mol. The number of aliphatic imine (C=N–C) groups is 1. The number of piperidine rings is 1. The molecule has 0 aromatic heterocycles. The first-order valence-electron chi connectivity index (χ1n) is 8.26. The van der Waals surface area contributed by atoms with Crippen LogP contribution in [0.2, 0.25) is 5.02 Å². The summed E-state index contributed by atoms with van der Waals surface area (Å²) >= 11 is 6.04. The number of rotatable bonds is 5. The molecule has 1 aliphatic heterocycles. The number of ether oxygens (including phenoxy) is 1. The van der Waals surface area contributed by atoms with Gasteiger partial charge in [-0.15, -0.1) is 24.0 Å². The van der Waals surface area contributed by atoms with Crippen LogP contribution in [0.3, 0.4) is 0 Å². The van der Waals surface area contributed by atoms with E-state index in [0.29, 0.717) is 18.2 Å². The third-order valence-electron chi connectivity index (χ3n) is 3.83. The molecule has 1 saturated heterocycles. The molecule has 7 heteroatoms. The molecule has 2 rings (SSSR count). The van der Waals surface area contributed by atoms with Crippen molar-refractivity contribution in [2.45, 2.75) is 39.3 Å². The van der Waals surface area contributed by atoms with Crippen LogP contribution < -0.4 is 10.1 Å². The van der Waals surface area contributed by atoms with E-state index in [9.17, 15) is 5.11 Å². The highest BCUT2D eigenvalue weighted by atomic mass is 127. The van der Waals surface area contributed by atoms with Gasteiger partial charge < -0.3 is 20.1 Å². The zero-order valence-electron chi connectivity index (χ0n) is 14.3. The van der Waals surface area contributed by atoms with Crippen LogP contribution in [0.1, 0.15) is 32.3 Å². The number of nitrogens with zero attached hydrogens (tertiary/aromatic N) is 2. The molecule has 0 atom stereocenters. The SMILES string of the molecule is CCNC(=NCc1ccc(Cl)cc1OCC)N1CCC(O)CC1.I. The van der Waals surface area contributed by atoms with Crippen molar-refractivity contribution in [3.8, 4) is 5.75 Å². The van der Waals surface area contributed by atoms with Crippen molar-refractivity contribution in [1.82, 2.24) is 10.2 Å². The molecule has 1 aliphatic rings. The summed E-state index contributed by atoms with van der Waals surface area (Å²) in [6.45, 7) is 7.61. The first kappa shape index (κ1) is 21.3. The van der Waals surface area contributed by atoms with E-state index in [1.807, 2.05) is 25.1 Å². The fraction of sp³-hybridized carbons (Fsp3) is 0.588. The average Bonchev–Trinajstić information content (AvgIpc) is 2.54. The standard InChI is InChI=1S/C17H26ClN3O2.HI/c1-3-19-17(21-9-7-15(22)8-10-21)20-12-13-5-6-14(18)11-16(13)23-4-2;/h5-6,11,15,22H,3-4,7-10,12H2,1-2H3,(H,19,20);1H. The average molecular weight is 468 g/mol. The van der Waals surface area contributed by atoms with Gasteiger partial charge in [0.15, 0.2) is 5.96 Å². The molecule has 0 radical (unpaired) electrons. The first-order valence-corrected chi connectivity index (χ1v) is 8.64. The van der Waals surface area contributed by atoms with Crippen LogP contribution in [0, 0.1) is 0 Å². The van der Waals surface area contributed by atoms with Crippen molar-refractivity contribution < 1.29 is 9.84 Å². The number of guanidine groups is 1. The number of aliphatic hydroxyl groups is 1. The van der Waals surface area contributed by atoms with Gasteiger partial charge in [0.2, 0.25) is 0 Å². The lowest BCUT2D eigenvalue weighted by Gasteiger charge is -2.32. The highest BCUT2D eigenvalue weighted by Gasteiger charge is 2.19. The second-order valence-electron chi connectivity index (χ2n) is 5.57. The van der Waals surface area contributed by atoms with Gasteiger partial charge in [-0.25, -0.2) is 4.99 Å². The number of halogens is 2. The predicted molar refractivity (Wildman–Crippen MR) is 110 cm³/mol. The predicted octanol–water partition coefficient (Wildman–Crippen LogP) is 3.28. The summed E-state index contributed by atoms with van der Waals surface area (Å²) in [5.74, 6) is 1.67. The molecule has 0 saturated carbocycles. The van der Waals surface area contributed by atoms with Gasteiger partial charge >= 0.3 is 0 Å². The first-order chi connectivity index (χ1) is 11.1. The minimum absolute atomic E-state index is 0. The molecule has 24 heavy (non-hydrogen) atoms. The van der Waals surface area contributed by atoms with Crippen molar-refractivity contribution in [3.05, 3.63) is 28.8 Å². The lowest BCUT2D eigenvalue weighted by molar-refractivity contribution is 0.108. The Balaban J connectivity index is 0.00000288. The fourth-order valence-corrected chi connectivity index (χ4v) is 2.77. The Labute approximate surface area is 166 Å². The highest BCUT2D eigenvalue weighted by Crippen LogP contribution is 2.24. The summed E-state index contributed by atoms with van der Waals surface area (Å²) < 4.78 is 5.65. The molecule has 2 N–H and O–H groups in total. The van der Waals surface area contributed by atoms with Gasteiger partial charge in [-0.2, -0.15) is 0 Å². The molecule has 136 valence electrons. The van der Waals surface area contributed by atoms with Crippen LogP contribution >= 0.6 is 35.6 Å². The second-order valence-corrected chi connectivity index (χ2v) is 6.01. The smallest absolute Gasteiger partial charge is 0.194 e. The topological polar surface area (TPSA) is 57.1 Å². The van der Waals surface area contributed by atoms with Crippen LogP contribution in [0.15, 0.2) is 23.2 Å². The van der Waals surface area contributed by atoms with Crippen molar-refractivity contribution in [2.75, 3.05) is 26.2 Å². The molecule has 0 spiro atoms. The van der Waals surface area contributed by atoms with E-state index in [1.165, 1.54) is 0 Å². The van der Waals surface area contributed by atoms with E-state index in [0.717, 1.165) is 49.7 Å². The van der Waals surface area contributed by atoms with Crippen molar-refractivity contribution in [3.63, 3.8) is 0 Å². The third-order valence-corrected chi connectivity index (χ3v) is 4.06. The van der Waals surface area contributed by atoms with E-state index in [2.05, 4.69) is 17.1 Å². The Bertz CT molecular complexity index is 535. The van der Waals surface area contributed by atoms with Crippen LogP contribution in [0.4, 0.5) is 0 Å². The number of aliphatic hydroxyl groups excluding tert-OH is 1. The Morgan fingerprint density at radius 2 is 2.08 bits per heavy atom. The lowest BCUT2D eigenvalue weighted by atomic mass is 10.1. The molecule has 5 nitrogen and oxygen atoms in total. The third kappa shape index (κ3) is 6.29. The van der Waals surface area contributed by atoms with Gasteiger partial charge in [-0.3, -0.25) is 0 Å². The van der Waals surface area contributed by atoms with Crippen molar-refractivity contribution in [1.29, 1.82) is 0 Å². The van der Waals surface area contributed by atoms with Crippen LogP contribution in [-0.4, -0.2) is 48.3 Å². The summed E-state index contributed by atoms with van der Waals surface area (Å²) in [6, 6.07) is 5.65. The maximum absolute atomic E-state index is 9.65. The van der Waals surface area contributed by atoms with Crippen molar-refractivity contribution in [2.24, 2.45) is 4.99 Å². The van der Waals surface area contributed by atoms with Gasteiger partial charge in [0.05, 0.1) is 19.3 Å². The van der Waals surface area contributed by atoms with Crippen LogP contribution in [0.5, 0.6) is 5.75 Å². The molecule has 0 unspecified atom stereocenters. The molecular formula is C17H27ClIN3O2.